The number of fused-ring (bicyclic) bond motifs is 2. The third kappa shape index (κ3) is 3.35. The van der Waals surface area contributed by atoms with Crippen LogP contribution in [0.1, 0.15) is 22.3 Å². The number of hydrogen-bond acceptors (Lipinski definition) is 6. The highest BCUT2D eigenvalue weighted by Crippen LogP contribution is 2.33. The van der Waals surface area contributed by atoms with Crippen LogP contribution in [-0.2, 0) is 16.0 Å². The Labute approximate surface area is 183 Å². The Kier molecular flexibility index (Phi) is 4.82. The summed E-state index contributed by atoms with van der Waals surface area (Å²) in [4.78, 5) is 32.8. The minimum Gasteiger partial charge on any atom is -0.481 e. The Morgan fingerprint density at radius 2 is 1.94 bits per heavy atom. The van der Waals surface area contributed by atoms with Crippen LogP contribution < -0.4 is 10.1 Å². The van der Waals surface area contributed by atoms with Gasteiger partial charge in [-0.1, -0.05) is 0 Å². The highest BCUT2D eigenvalue weighted by Gasteiger charge is 2.20. The molecule has 1 aliphatic rings. The van der Waals surface area contributed by atoms with Crippen molar-refractivity contribution in [3.05, 3.63) is 65.9 Å². The number of amides is 1. The van der Waals surface area contributed by atoms with Gasteiger partial charge in [-0.15, -0.1) is 0 Å². The maximum Gasteiger partial charge on any atom is 0.337 e. The normalized spacial score (nSPS) is 12.9. The van der Waals surface area contributed by atoms with Crippen LogP contribution in [0.4, 0.5) is 5.69 Å². The van der Waals surface area contributed by atoms with Gasteiger partial charge in [0.25, 0.3) is 0 Å². The number of carbonyl (C=O) groups excluding carboxylic acids is 2. The van der Waals surface area contributed by atoms with E-state index in [0.29, 0.717) is 35.6 Å². The summed E-state index contributed by atoms with van der Waals surface area (Å²) < 4.78 is 12.2. The molecule has 0 atom stereocenters. The molecule has 8 heteroatoms. The van der Waals surface area contributed by atoms with Crippen molar-refractivity contribution in [2.45, 2.75) is 12.8 Å². The standard InChI is InChI=1S/C24H20N4O4/c1-31-22-13-15(9-10-25-22)23-27-19-12-16(24(30)32-2)3-7-20(19)28(23)17-5-6-18-14(11-17)4-8-21(29)26-18/h3,5-7,9-13H,4,8H2,1-2H3,(H,26,29). The maximum absolute atomic E-state index is 12.0. The van der Waals surface area contributed by atoms with Gasteiger partial charge in [0.1, 0.15) is 5.82 Å². The number of ether oxygens (including phenoxy) is 2. The first-order valence-corrected chi connectivity index (χ1v) is 10.1. The molecular formula is C24H20N4O4. The molecule has 1 N–H and O–H groups in total. The third-order valence-electron chi connectivity index (χ3n) is 5.52. The van der Waals surface area contributed by atoms with Crippen LogP contribution in [0.25, 0.3) is 28.1 Å². The quantitative estimate of drug-likeness (QED) is 0.497. The predicted octanol–water partition coefficient (Wildman–Crippen LogP) is 3.77. The minimum atomic E-state index is -0.418. The summed E-state index contributed by atoms with van der Waals surface area (Å²) >= 11 is 0. The van der Waals surface area contributed by atoms with E-state index in [4.69, 9.17) is 14.5 Å². The molecule has 0 fully saturated rings. The van der Waals surface area contributed by atoms with Crippen molar-refractivity contribution in [1.29, 1.82) is 0 Å². The van der Waals surface area contributed by atoms with Crippen LogP contribution >= 0.6 is 0 Å². The molecule has 0 bridgehead atoms. The first-order chi connectivity index (χ1) is 15.6. The molecule has 0 spiro atoms. The number of aromatic nitrogens is 3. The van der Waals surface area contributed by atoms with Gasteiger partial charge < -0.3 is 14.8 Å². The number of pyridine rings is 1. The lowest BCUT2D eigenvalue weighted by Gasteiger charge is -2.19. The Bertz CT molecular complexity index is 1380. The monoisotopic (exact) mass is 428 g/mol. The fraction of sp³-hybridized carbons (Fsp3) is 0.167. The van der Waals surface area contributed by atoms with E-state index in [9.17, 15) is 9.59 Å². The summed E-state index contributed by atoms with van der Waals surface area (Å²) in [6, 6.07) is 14.9. The molecule has 2 aromatic carbocycles. The topological polar surface area (TPSA) is 95.3 Å². The fourth-order valence-electron chi connectivity index (χ4n) is 3.95. The Morgan fingerprint density at radius 3 is 2.75 bits per heavy atom. The van der Waals surface area contributed by atoms with Gasteiger partial charge >= 0.3 is 5.97 Å². The number of anilines is 1. The van der Waals surface area contributed by atoms with Crippen LogP contribution in [-0.4, -0.2) is 40.6 Å². The average Bonchev–Trinajstić information content (AvgIpc) is 3.22. The summed E-state index contributed by atoms with van der Waals surface area (Å²) in [5.41, 5.74) is 5.53. The summed E-state index contributed by atoms with van der Waals surface area (Å²) in [7, 11) is 2.92. The number of aryl methyl sites for hydroxylation is 1. The number of imidazole rings is 1. The molecule has 4 aromatic rings. The lowest BCUT2D eigenvalue weighted by molar-refractivity contribution is -0.116. The number of nitrogens with zero attached hydrogens (tertiary/aromatic N) is 3. The molecule has 0 aliphatic carbocycles. The molecule has 5 rings (SSSR count). The van der Waals surface area contributed by atoms with Crippen molar-refractivity contribution >= 4 is 28.6 Å². The highest BCUT2D eigenvalue weighted by atomic mass is 16.5. The zero-order valence-corrected chi connectivity index (χ0v) is 17.6. The molecule has 32 heavy (non-hydrogen) atoms. The molecule has 3 heterocycles. The van der Waals surface area contributed by atoms with Gasteiger partial charge in [-0.3, -0.25) is 9.36 Å². The van der Waals surface area contributed by atoms with Crippen LogP contribution in [0.5, 0.6) is 5.88 Å². The molecule has 1 aliphatic heterocycles. The van der Waals surface area contributed by atoms with Crippen molar-refractivity contribution < 1.29 is 19.1 Å². The SMILES string of the molecule is COC(=O)c1ccc2c(c1)nc(-c1ccnc(OC)c1)n2-c1ccc2c(c1)CCC(=O)N2. The second kappa shape index (κ2) is 7.81. The smallest absolute Gasteiger partial charge is 0.337 e. The van der Waals surface area contributed by atoms with E-state index >= 15 is 0 Å². The lowest BCUT2D eigenvalue weighted by atomic mass is 10.0. The van der Waals surface area contributed by atoms with Gasteiger partial charge in [0, 0.05) is 35.6 Å². The number of nitrogens with one attached hydrogen (secondary N) is 1. The maximum atomic E-state index is 12.0. The van der Waals surface area contributed by atoms with Crippen LogP contribution in [0, 0.1) is 0 Å². The molecule has 0 saturated heterocycles. The van der Waals surface area contributed by atoms with Crippen molar-refractivity contribution in [2.24, 2.45) is 0 Å². The summed E-state index contributed by atoms with van der Waals surface area (Å²) in [6.07, 6.45) is 2.80. The molecule has 0 radical (unpaired) electrons. The largest absolute Gasteiger partial charge is 0.481 e. The number of hydrogen-bond donors (Lipinski definition) is 1. The zero-order valence-electron chi connectivity index (χ0n) is 17.6. The lowest BCUT2D eigenvalue weighted by Crippen LogP contribution is -2.19. The zero-order chi connectivity index (χ0) is 22.2. The Balaban J connectivity index is 1.74. The highest BCUT2D eigenvalue weighted by molar-refractivity contribution is 5.96. The number of rotatable bonds is 4. The van der Waals surface area contributed by atoms with E-state index < -0.39 is 5.97 Å². The second-order valence-electron chi connectivity index (χ2n) is 7.44. The van der Waals surface area contributed by atoms with E-state index in [2.05, 4.69) is 16.4 Å². The molecule has 2 aromatic heterocycles. The van der Waals surface area contributed by atoms with Crippen molar-refractivity contribution in [3.63, 3.8) is 0 Å². The van der Waals surface area contributed by atoms with Gasteiger partial charge in [-0.05, 0) is 54.4 Å². The Hall–Kier alpha value is -4.20. The van der Waals surface area contributed by atoms with E-state index in [1.807, 2.05) is 34.9 Å². The van der Waals surface area contributed by atoms with Crippen LogP contribution in [0.2, 0.25) is 0 Å². The van der Waals surface area contributed by atoms with Gasteiger partial charge in [0.05, 0.1) is 30.8 Å². The van der Waals surface area contributed by atoms with Gasteiger partial charge in [-0.2, -0.15) is 0 Å². The van der Waals surface area contributed by atoms with E-state index in [1.54, 1.807) is 25.4 Å². The van der Waals surface area contributed by atoms with Gasteiger partial charge in [-0.25, -0.2) is 14.8 Å². The van der Waals surface area contributed by atoms with Crippen LogP contribution in [0.3, 0.4) is 0 Å². The van der Waals surface area contributed by atoms with E-state index in [-0.39, 0.29) is 5.91 Å². The summed E-state index contributed by atoms with van der Waals surface area (Å²) in [6.45, 7) is 0. The number of esters is 1. The van der Waals surface area contributed by atoms with Gasteiger partial charge in [0.2, 0.25) is 11.8 Å². The van der Waals surface area contributed by atoms with Gasteiger partial charge in [0.15, 0.2) is 0 Å². The van der Waals surface area contributed by atoms with E-state index in [0.717, 1.165) is 28.0 Å². The minimum absolute atomic E-state index is 0.0261. The number of methoxy groups -OCH3 is 2. The molecule has 160 valence electrons. The summed E-state index contributed by atoms with van der Waals surface area (Å²) in [5, 5.41) is 2.92. The molecule has 1 amide bonds. The molecular weight excluding hydrogens is 408 g/mol. The average molecular weight is 428 g/mol. The van der Waals surface area contributed by atoms with Crippen molar-refractivity contribution in [1.82, 2.24) is 14.5 Å². The molecule has 8 nitrogen and oxygen atoms in total. The van der Waals surface area contributed by atoms with E-state index in [1.165, 1.54) is 7.11 Å². The third-order valence-corrected chi connectivity index (χ3v) is 5.52. The number of benzene rings is 2. The van der Waals surface area contributed by atoms with Crippen molar-refractivity contribution in [3.8, 4) is 23.0 Å². The summed E-state index contributed by atoms with van der Waals surface area (Å²) in [5.74, 6) is 0.767. The molecule has 0 saturated carbocycles. The Morgan fingerprint density at radius 1 is 1.06 bits per heavy atom. The second-order valence-corrected chi connectivity index (χ2v) is 7.44. The first kappa shape index (κ1) is 19.7. The van der Waals surface area contributed by atoms with Crippen LogP contribution in [0.15, 0.2) is 54.7 Å². The molecule has 0 unspecified atom stereocenters. The number of carbonyl (C=O) groups is 2. The first-order valence-electron chi connectivity index (χ1n) is 10.1. The fourth-order valence-corrected chi connectivity index (χ4v) is 3.95. The predicted molar refractivity (Wildman–Crippen MR) is 119 cm³/mol. The van der Waals surface area contributed by atoms with Crippen molar-refractivity contribution in [2.75, 3.05) is 19.5 Å².